The Hall–Kier alpha value is -4.36. The fourth-order valence-electron chi connectivity index (χ4n) is 8.72. The average Bonchev–Trinajstić information content (AvgIpc) is 3.26. The van der Waals surface area contributed by atoms with Crippen LogP contribution in [0.3, 0.4) is 0 Å². The van der Waals surface area contributed by atoms with Gasteiger partial charge in [-0.3, -0.25) is 0 Å². The van der Waals surface area contributed by atoms with Crippen LogP contribution in [-0.2, 0) is 5.41 Å². The third kappa shape index (κ3) is 3.77. The zero-order valence-electron chi connectivity index (χ0n) is 25.5. The average molecular weight is 558 g/mol. The Morgan fingerprint density at radius 1 is 0.628 bits per heavy atom. The van der Waals surface area contributed by atoms with Crippen molar-refractivity contribution in [3.63, 3.8) is 0 Å². The lowest BCUT2D eigenvalue weighted by molar-refractivity contribution is 0.143. The molecule has 1 saturated carbocycles. The number of hydrogen-bond donors (Lipinski definition) is 0. The highest BCUT2D eigenvalue weighted by atomic mass is 15.3. The minimum absolute atomic E-state index is 0.0300. The first-order valence-corrected chi connectivity index (χ1v) is 16.0. The molecule has 0 spiro atoms. The predicted molar refractivity (Wildman–Crippen MR) is 184 cm³/mol. The van der Waals surface area contributed by atoms with E-state index in [0.717, 1.165) is 5.92 Å². The van der Waals surface area contributed by atoms with Crippen LogP contribution in [0.5, 0.6) is 0 Å². The minimum Gasteiger partial charge on any atom is -0.334 e. The van der Waals surface area contributed by atoms with E-state index in [-0.39, 0.29) is 11.0 Å². The molecule has 1 aliphatic carbocycles. The summed E-state index contributed by atoms with van der Waals surface area (Å²) in [6.07, 6.45) is 4.98. The molecule has 3 unspecified atom stereocenters. The van der Waals surface area contributed by atoms with E-state index in [0.29, 0.717) is 0 Å². The summed E-state index contributed by atoms with van der Waals surface area (Å²) in [5, 5.41) is 5.27. The number of fused-ring (bicyclic) bond motifs is 5. The summed E-state index contributed by atoms with van der Waals surface area (Å²) in [6.45, 7) is 7.48. The lowest BCUT2D eigenvalue weighted by atomic mass is 9.58. The largest absolute Gasteiger partial charge is 0.334 e. The van der Waals surface area contributed by atoms with Gasteiger partial charge in [-0.15, -0.1) is 0 Å². The Labute approximate surface area is 255 Å². The molecule has 1 heterocycles. The molecule has 1 fully saturated rings. The number of anilines is 2. The van der Waals surface area contributed by atoms with Gasteiger partial charge in [-0.1, -0.05) is 123 Å². The number of rotatable bonds is 4. The van der Waals surface area contributed by atoms with Crippen molar-refractivity contribution < 1.29 is 0 Å². The number of nitrogens with zero attached hydrogens (tertiary/aromatic N) is 1. The Morgan fingerprint density at radius 3 is 1.74 bits per heavy atom. The predicted octanol–water partition coefficient (Wildman–Crippen LogP) is 11.7. The van der Waals surface area contributed by atoms with Crippen molar-refractivity contribution in [3.8, 4) is 22.3 Å². The summed E-state index contributed by atoms with van der Waals surface area (Å²) in [7, 11) is 0. The first-order chi connectivity index (χ1) is 21.0. The van der Waals surface area contributed by atoms with Gasteiger partial charge in [0.15, 0.2) is 0 Å². The molecule has 0 bridgehead atoms. The third-order valence-corrected chi connectivity index (χ3v) is 11.1. The van der Waals surface area contributed by atoms with Crippen LogP contribution in [0.4, 0.5) is 11.4 Å². The van der Waals surface area contributed by atoms with Crippen LogP contribution in [0.1, 0.15) is 52.0 Å². The minimum atomic E-state index is 0.0300. The molecule has 2 aliphatic rings. The molecule has 0 aromatic heterocycles. The van der Waals surface area contributed by atoms with E-state index in [4.69, 9.17) is 0 Å². The van der Waals surface area contributed by atoms with Crippen LogP contribution in [0.25, 0.3) is 43.8 Å². The summed E-state index contributed by atoms with van der Waals surface area (Å²) in [5.74, 6) is 0.761. The molecule has 6 aromatic carbocycles. The standard InChI is InChI=1S/C42H39N/c1-4-29-25-26-42(3)41(2,28-29)37-27-31(23-24-38(37)43(42)32-17-9-6-10-18-32)40-35-21-13-11-19-33(35)39(30-15-7-5-8-16-30)34-20-12-14-22-36(34)40/h5-24,27,29H,4,25-26,28H2,1-3H3. The van der Waals surface area contributed by atoms with Crippen LogP contribution >= 0.6 is 0 Å². The SMILES string of the molecule is CCC1CCC2(C)N(c3ccccc3)c3ccc(-c4c5ccccc5c(-c5ccccc5)c5ccccc45)cc3C2(C)C1. The molecular weight excluding hydrogens is 518 g/mol. The van der Waals surface area contributed by atoms with E-state index < -0.39 is 0 Å². The van der Waals surface area contributed by atoms with Crippen molar-refractivity contribution in [2.45, 2.75) is 57.4 Å². The van der Waals surface area contributed by atoms with Gasteiger partial charge >= 0.3 is 0 Å². The van der Waals surface area contributed by atoms with Gasteiger partial charge in [-0.2, -0.15) is 0 Å². The van der Waals surface area contributed by atoms with Gasteiger partial charge in [-0.05, 0) is 106 Å². The van der Waals surface area contributed by atoms with Gasteiger partial charge in [0, 0.05) is 16.8 Å². The van der Waals surface area contributed by atoms with Gasteiger partial charge in [0.25, 0.3) is 0 Å². The second-order valence-corrected chi connectivity index (χ2v) is 13.2. The van der Waals surface area contributed by atoms with Crippen molar-refractivity contribution >= 4 is 32.9 Å². The molecule has 0 saturated heterocycles. The Kier molecular flexibility index (Phi) is 6.02. The molecule has 43 heavy (non-hydrogen) atoms. The van der Waals surface area contributed by atoms with Crippen LogP contribution in [-0.4, -0.2) is 5.54 Å². The van der Waals surface area contributed by atoms with E-state index in [1.165, 1.54) is 86.4 Å². The lowest BCUT2D eigenvalue weighted by Crippen LogP contribution is -2.56. The molecule has 0 N–H and O–H groups in total. The number of benzene rings is 6. The first kappa shape index (κ1) is 26.3. The molecule has 0 amide bonds. The van der Waals surface area contributed by atoms with Crippen molar-refractivity contribution in [1.29, 1.82) is 0 Å². The lowest BCUT2D eigenvalue weighted by Gasteiger charge is -2.52. The van der Waals surface area contributed by atoms with Crippen molar-refractivity contribution in [3.05, 3.63) is 133 Å². The molecule has 6 aromatic rings. The zero-order valence-corrected chi connectivity index (χ0v) is 25.5. The van der Waals surface area contributed by atoms with E-state index in [1.807, 2.05) is 0 Å². The van der Waals surface area contributed by atoms with E-state index >= 15 is 0 Å². The van der Waals surface area contributed by atoms with Gasteiger partial charge in [0.05, 0.1) is 5.54 Å². The van der Waals surface area contributed by atoms with Gasteiger partial charge < -0.3 is 4.90 Å². The second kappa shape index (κ2) is 9.85. The van der Waals surface area contributed by atoms with E-state index in [9.17, 15) is 0 Å². The molecule has 1 aliphatic heterocycles. The monoisotopic (exact) mass is 557 g/mol. The topological polar surface area (TPSA) is 3.24 Å². The maximum absolute atomic E-state index is 2.69. The van der Waals surface area contributed by atoms with Crippen LogP contribution in [0.2, 0.25) is 0 Å². The van der Waals surface area contributed by atoms with Crippen molar-refractivity contribution in [2.24, 2.45) is 5.92 Å². The molecule has 0 radical (unpaired) electrons. The summed E-state index contributed by atoms with van der Waals surface area (Å²) in [4.78, 5) is 2.69. The van der Waals surface area contributed by atoms with Gasteiger partial charge in [-0.25, -0.2) is 0 Å². The highest BCUT2D eigenvalue weighted by Gasteiger charge is 2.59. The van der Waals surface area contributed by atoms with E-state index in [1.54, 1.807) is 0 Å². The highest BCUT2D eigenvalue weighted by Crippen LogP contribution is 2.62. The highest BCUT2D eigenvalue weighted by molar-refractivity contribution is 6.21. The van der Waals surface area contributed by atoms with Gasteiger partial charge in [0.2, 0.25) is 0 Å². The smallest absolute Gasteiger partial charge is 0.0518 e. The maximum Gasteiger partial charge on any atom is 0.0518 e. The molecule has 8 rings (SSSR count). The number of hydrogen-bond acceptors (Lipinski definition) is 1. The fourth-order valence-corrected chi connectivity index (χ4v) is 8.72. The first-order valence-electron chi connectivity index (χ1n) is 16.0. The fraction of sp³-hybridized carbons (Fsp3) is 0.238. The summed E-state index contributed by atoms with van der Waals surface area (Å²) in [5.41, 5.74) is 9.55. The molecule has 1 heteroatoms. The van der Waals surface area contributed by atoms with E-state index in [2.05, 4.69) is 153 Å². The van der Waals surface area contributed by atoms with Gasteiger partial charge in [0.1, 0.15) is 0 Å². The normalized spacial score (nSPS) is 23.0. The quantitative estimate of drug-likeness (QED) is 0.195. The van der Waals surface area contributed by atoms with Crippen LogP contribution in [0.15, 0.2) is 127 Å². The van der Waals surface area contributed by atoms with Crippen LogP contribution in [0, 0.1) is 5.92 Å². The maximum atomic E-state index is 2.69. The number of para-hydroxylation sites is 1. The molecule has 212 valence electrons. The Bertz CT molecular complexity index is 1920. The molecular formula is C42H39N. The van der Waals surface area contributed by atoms with Crippen molar-refractivity contribution in [1.82, 2.24) is 0 Å². The summed E-state index contributed by atoms with van der Waals surface area (Å²) in [6, 6.07) is 47.4. The molecule has 3 atom stereocenters. The zero-order chi connectivity index (χ0) is 29.2. The Balaban J connectivity index is 1.41. The van der Waals surface area contributed by atoms with Crippen molar-refractivity contribution in [2.75, 3.05) is 4.90 Å². The summed E-state index contributed by atoms with van der Waals surface area (Å²) < 4.78 is 0. The summed E-state index contributed by atoms with van der Waals surface area (Å²) >= 11 is 0. The Morgan fingerprint density at radius 2 is 1.16 bits per heavy atom. The second-order valence-electron chi connectivity index (χ2n) is 13.2. The third-order valence-electron chi connectivity index (χ3n) is 11.1. The van der Waals surface area contributed by atoms with Crippen LogP contribution < -0.4 is 4.90 Å². The molecule has 1 nitrogen and oxygen atoms in total.